The minimum atomic E-state index is 0.0757. The minimum Gasteiger partial charge on any atom is -0.497 e. The second-order valence-electron chi connectivity index (χ2n) is 8.06. The van der Waals surface area contributed by atoms with Gasteiger partial charge >= 0.3 is 0 Å². The van der Waals surface area contributed by atoms with Crippen molar-refractivity contribution in [2.45, 2.75) is 51.4 Å². The summed E-state index contributed by atoms with van der Waals surface area (Å²) >= 11 is 0. The highest BCUT2D eigenvalue weighted by Gasteiger charge is 2.38. The molecule has 2 aromatic carbocycles. The molecule has 0 heterocycles. The van der Waals surface area contributed by atoms with Crippen molar-refractivity contribution in [1.29, 1.82) is 0 Å². The number of benzene rings is 2. The maximum absolute atomic E-state index is 5.37. The van der Waals surface area contributed by atoms with Gasteiger partial charge in [0.2, 0.25) is 0 Å². The predicted octanol–water partition coefficient (Wildman–Crippen LogP) is 5.98. The third-order valence-corrected chi connectivity index (χ3v) is 5.97. The summed E-state index contributed by atoms with van der Waals surface area (Å²) in [4.78, 5) is 0. The Kier molecular flexibility index (Phi) is 5.08. The van der Waals surface area contributed by atoms with Crippen molar-refractivity contribution in [3.05, 3.63) is 59.7 Å². The fourth-order valence-corrected chi connectivity index (χ4v) is 4.23. The lowest BCUT2D eigenvalue weighted by Gasteiger charge is -2.35. The van der Waals surface area contributed by atoms with E-state index in [2.05, 4.69) is 62.4 Å². The van der Waals surface area contributed by atoms with E-state index in [1.807, 2.05) is 0 Å². The van der Waals surface area contributed by atoms with Crippen LogP contribution in [0.15, 0.2) is 48.5 Å². The highest BCUT2D eigenvalue weighted by molar-refractivity contribution is 5.43. The molecule has 0 radical (unpaired) electrons. The molecule has 2 aromatic rings. The minimum absolute atomic E-state index is 0.0757. The van der Waals surface area contributed by atoms with Crippen LogP contribution in [0.2, 0.25) is 0 Å². The predicted molar refractivity (Wildman–Crippen MR) is 104 cm³/mol. The van der Waals surface area contributed by atoms with E-state index in [1.54, 1.807) is 14.2 Å². The maximum Gasteiger partial charge on any atom is 0.118 e. The zero-order chi connectivity index (χ0) is 17.9. The van der Waals surface area contributed by atoms with Crippen molar-refractivity contribution in [3.8, 4) is 11.5 Å². The van der Waals surface area contributed by atoms with Gasteiger partial charge in [0, 0.05) is 5.41 Å². The molecule has 0 atom stereocenters. The Morgan fingerprint density at radius 2 is 1.12 bits per heavy atom. The molecular formula is C23H30O2. The molecule has 0 amide bonds. The molecule has 0 saturated heterocycles. The Morgan fingerprint density at radius 1 is 0.640 bits per heavy atom. The number of methoxy groups -OCH3 is 2. The van der Waals surface area contributed by atoms with E-state index in [0.717, 1.165) is 11.5 Å². The molecule has 1 saturated carbocycles. The van der Waals surface area contributed by atoms with Crippen LogP contribution in [0.3, 0.4) is 0 Å². The van der Waals surface area contributed by atoms with Gasteiger partial charge in [0.05, 0.1) is 14.2 Å². The van der Waals surface area contributed by atoms with Gasteiger partial charge < -0.3 is 9.47 Å². The largest absolute Gasteiger partial charge is 0.497 e. The summed E-state index contributed by atoms with van der Waals surface area (Å²) < 4.78 is 10.7. The lowest BCUT2D eigenvalue weighted by atomic mass is 9.68. The van der Waals surface area contributed by atoms with Crippen molar-refractivity contribution in [2.75, 3.05) is 14.2 Å². The zero-order valence-electron chi connectivity index (χ0n) is 16.0. The lowest BCUT2D eigenvalue weighted by molar-refractivity contribution is 0.306. The molecule has 0 bridgehead atoms. The molecule has 0 aliphatic heterocycles. The van der Waals surface area contributed by atoms with Gasteiger partial charge in [0.25, 0.3) is 0 Å². The number of rotatable bonds is 4. The molecule has 0 N–H and O–H groups in total. The Morgan fingerprint density at radius 3 is 1.56 bits per heavy atom. The summed E-state index contributed by atoms with van der Waals surface area (Å²) in [5.41, 5.74) is 3.29. The van der Waals surface area contributed by atoms with Crippen LogP contribution in [0, 0.1) is 5.41 Å². The summed E-state index contributed by atoms with van der Waals surface area (Å²) in [6.07, 6.45) is 6.16. The summed E-state index contributed by atoms with van der Waals surface area (Å²) in [6.45, 7) is 4.82. The average molecular weight is 338 g/mol. The van der Waals surface area contributed by atoms with Crippen LogP contribution in [0.4, 0.5) is 0 Å². The van der Waals surface area contributed by atoms with Gasteiger partial charge in [-0.15, -0.1) is 0 Å². The van der Waals surface area contributed by atoms with Crippen molar-refractivity contribution in [1.82, 2.24) is 0 Å². The van der Waals surface area contributed by atoms with Crippen molar-refractivity contribution in [3.63, 3.8) is 0 Å². The quantitative estimate of drug-likeness (QED) is 0.638. The zero-order valence-corrected chi connectivity index (χ0v) is 16.0. The normalized spacial score (nSPS) is 19.0. The first-order valence-electron chi connectivity index (χ1n) is 9.28. The first kappa shape index (κ1) is 17.8. The van der Waals surface area contributed by atoms with Crippen LogP contribution in [-0.2, 0) is 5.41 Å². The van der Waals surface area contributed by atoms with E-state index in [9.17, 15) is 0 Å². The van der Waals surface area contributed by atoms with E-state index in [4.69, 9.17) is 9.47 Å². The molecule has 134 valence electrons. The first-order valence-corrected chi connectivity index (χ1v) is 9.28. The monoisotopic (exact) mass is 338 g/mol. The standard InChI is InChI=1S/C23H30O2/c1-22(2)14-5-15-23(17-16-22,18-6-10-20(24-3)11-7-18)19-8-12-21(25-4)13-9-19/h6-13H,5,14-17H2,1-4H3. The summed E-state index contributed by atoms with van der Waals surface area (Å²) in [5, 5.41) is 0. The third kappa shape index (κ3) is 3.68. The van der Waals surface area contributed by atoms with Crippen molar-refractivity contribution < 1.29 is 9.47 Å². The van der Waals surface area contributed by atoms with E-state index < -0.39 is 0 Å². The SMILES string of the molecule is COc1ccc(C2(c3ccc(OC)cc3)CCCC(C)(C)CC2)cc1. The molecule has 1 fully saturated rings. The van der Waals surface area contributed by atoms with Crippen molar-refractivity contribution >= 4 is 0 Å². The highest BCUT2D eigenvalue weighted by atomic mass is 16.5. The van der Waals surface area contributed by atoms with Gasteiger partial charge in [-0.25, -0.2) is 0 Å². The average Bonchev–Trinajstić information content (AvgIpc) is 2.81. The molecule has 2 heteroatoms. The second kappa shape index (κ2) is 7.11. The highest BCUT2D eigenvalue weighted by Crippen LogP contribution is 2.48. The number of ether oxygens (including phenoxy) is 2. The van der Waals surface area contributed by atoms with E-state index in [1.165, 1.54) is 43.2 Å². The Labute approximate surface area is 152 Å². The van der Waals surface area contributed by atoms with Crippen LogP contribution in [0.1, 0.15) is 57.1 Å². The first-order chi connectivity index (χ1) is 12.0. The lowest BCUT2D eigenvalue weighted by Crippen LogP contribution is -2.27. The summed E-state index contributed by atoms with van der Waals surface area (Å²) in [5.74, 6) is 1.84. The van der Waals surface area contributed by atoms with Crippen LogP contribution in [-0.4, -0.2) is 14.2 Å². The van der Waals surface area contributed by atoms with Gasteiger partial charge in [-0.2, -0.15) is 0 Å². The van der Waals surface area contributed by atoms with Crippen LogP contribution in [0.25, 0.3) is 0 Å². The van der Waals surface area contributed by atoms with Gasteiger partial charge in [-0.05, 0) is 66.5 Å². The van der Waals surface area contributed by atoms with Gasteiger partial charge in [-0.3, -0.25) is 0 Å². The smallest absolute Gasteiger partial charge is 0.118 e. The molecule has 3 rings (SSSR count). The van der Waals surface area contributed by atoms with Gasteiger partial charge in [0.1, 0.15) is 11.5 Å². The summed E-state index contributed by atoms with van der Waals surface area (Å²) in [6, 6.07) is 17.4. The van der Waals surface area contributed by atoms with E-state index in [-0.39, 0.29) is 5.41 Å². The van der Waals surface area contributed by atoms with Gasteiger partial charge in [0.15, 0.2) is 0 Å². The Balaban J connectivity index is 2.06. The number of hydrogen-bond acceptors (Lipinski definition) is 2. The van der Waals surface area contributed by atoms with Crippen LogP contribution >= 0.6 is 0 Å². The second-order valence-corrected chi connectivity index (χ2v) is 8.06. The van der Waals surface area contributed by atoms with Crippen molar-refractivity contribution in [2.24, 2.45) is 5.41 Å². The molecular weight excluding hydrogens is 308 g/mol. The topological polar surface area (TPSA) is 18.5 Å². The van der Waals surface area contributed by atoms with Crippen LogP contribution < -0.4 is 9.47 Å². The maximum atomic E-state index is 5.37. The fourth-order valence-electron chi connectivity index (χ4n) is 4.23. The summed E-state index contributed by atoms with van der Waals surface area (Å²) in [7, 11) is 3.45. The Hall–Kier alpha value is -1.96. The molecule has 1 aliphatic carbocycles. The Bertz CT molecular complexity index is 636. The number of hydrogen-bond donors (Lipinski definition) is 0. The molecule has 25 heavy (non-hydrogen) atoms. The molecule has 0 aromatic heterocycles. The van der Waals surface area contributed by atoms with E-state index >= 15 is 0 Å². The van der Waals surface area contributed by atoms with Crippen LogP contribution in [0.5, 0.6) is 11.5 Å². The molecule has 0 spiro atoms. The molecule has 2 nitrogen and oxygen atoms in total. The van der Waals surface area contributed by atoms with Gasteiger partial charge in [-0.1, -0.05) is 44.5 Å². The third-order valence-electron chi connectivity index (χ3n) is 5.97. The molecule has 0 unspecified atom stereocenters. The fraction of sp³-hybridized carbons (Fsp3) is 0.478. The molecule has 1 aliphatic rings. The van der Waals surface area contributed by atoms with E-state index in [0.29, 0.717) is 5.41 Å².